The molecule has 3 aromatic carbocycles. The molecule has 1 heterocycles. The summed E-state index contributed by atoms with van der Waals surface area (Å²) in [6.07, 6.45) is 2.04. The number of likely N-dealkylation sites (tertiary alicyclic amines) is 1. The molecule has 146 valence electrons. The lowest BCUT2D eigenvalue weighted by molar-refractivity contribution is 0.178. The monoisotopic (exact) mass is 394 g/mol. The van der Waals surface area contributed by atoms with E-state index in [9.17, 15) is 8.42 Å². The van der Waals surface area contributed by atoms with E-state index in [4.69, 9.17) is 0 Å². The Hall–Kier alpha value is -2.21. The summed E-state index contributed by atoms with van der Waals surface area (Å²) in [6.45, 7) is 3.49. The van der Waals surface area contributed by atoms with Crippen molar-refractivity contribution in [1.82, 2.24) is 9.62 Å². The van der Waals surface area contributed by atoms with Gasteiger partial charge in [0.1, 0.15) is 0 Å². The molecule has 0 amide bonds. The van der Waals surface area contributed by atoms with Gasteiger partial charge in [-0.05, 0) is 48.9 Å². The Balaban J connectivity index is 1.34. The molecule has 1 saturated heterocycles. The Morgan fingerprint density at radius 3 is 2.32 bits per heavy atom. The standard InChI is InChI=1S/C23H26N2O2S/c26-28(27,23-12-6-10-21-9-4-5-11-22(21)23)24-17-19-13-15-25(16-14-19)18-20-7-2-1-3-8-20/h1-12,19,24H,13-18H2. The van der Waals surface area contributed by atoms with Gasteiger partial charge in [-0.15, -0.1) is 0 Å². The zero-order valence-electron chi connectivity index (χ0n) is 15.9. The van der Waals surface area contributed by atoms with Crippen LogP contribution >= 0.6 is 0 Å². The largest absolute Gasteiger partial charge is 0.299 e. The van der Waals surface area contributed by atoms with E-state index in [1.54, 1.807) is 12.1 Å². The first-order valence-corrected chi connectivity index (χ1v) is 11.3. The second-order valence-corrected chi connectivity index (χ2v) is 9.27. The molecule has 1 aliphatic rings. The molecule has 3 aromatic rings. The van der Waals surface area contributed by atoms with Crippen molar-refractivity contribution in [3.8, 4) is 0 Å². The summed E-state index contributed by atoms with van der Waals surface area (Å²) in [5.74, 6) is 0.386. The third kappa shape index (κ3) is 4.43. The summed E-state index contributed by atoms with van der Waals surface area (Å²) < 4.78 is 28.6. The fraction of sp³-hybridized carbons (Fsp3) is 0.304. The van der Waals surface area contributed by atoms with Crippen molar-refractivity contribution in [2.24, 2.45) is 5.92 Å². The highest BCUT2D eigenvalue weighted by molar-refractivity contribution is 7.89. The Morgan fingerprint density at radius 1 is 0.857 bits per heavy atom. The number of sulfonamides is 1. The average Bonchev–Trinajstić information content (AvgIpc) is 2.74. The van der Waals surface area contributed by atoms with Gasteiger partial charge >= 0.3 is 0 Å². The van der Waals surface area contributed by atoms with Crippen molar-refractivity contribution in [2.75, 3.05) is 19.6 Å². The molecule has 0 radical (unpaired) electrons. The minimum Gasteiger partial charge on any atom is -0.299 e. The summed E-state index contributed by atoms with van der Waals surface area (Å²) in [5, 5.41) is 1.72. The van der Waals surface area contributed by atoms with E-state index in [2.05, 4.69) is 33.9 Å². The molecule has 0 spiro atoms. The highest BCUT2D eigenvalue weighted by atomic mass is 32.2. The molecule has 4 rings (SSSR count). The zero-order valence-corrected chi connectivity index (χ0v) is 16.7. The summed E-state index contributed by atoms with van der Waals surface area (Å²) in [7, 11) is -3.51. The van der Waals surface area contributed by atoms with Crippen molar-refractivity contribution in [1.29, 1.82) is 0 Å². The van der Waals surface area contributed by atoms with E-state index >= 15 is 0 Å². The zero-order chi connectivity index (χ0) is 19.4. The van der Waals surface area contributed by atoms with Crippen molar-refractivity contribution in [3.05, 3.63) is 78.4 Å². The molecular weight excluding hydrogens is 368 g/mol. The van der Waals surface area contributed by atoms with Gasteiger partial charge in [0, 0.05) is 18.5 Å². The van der Waals surface area contributed by atoms with Gasteiger partial charge in [-0.3, -0.25) is 4.90 Å². The summed E-state index contributed by atoms with van der Waals surface area (Å²) in [5.41, 5.74) is 1.33. The topological polar surface area (TPSA) is 49.4 Å². The minimum atomic E-state index is -3.51. The Labute approximate surface area is 167 Å². The second-order valence-electron chi connectivity index (χ2n) is 7.53. The van der Waals surface area contributed by atoms with Gasteiger partial charge in [0.25, 0.3) is 0 Å². The SMILES string of the molecule is O=S(=O)(NCC1CCN(Cc2ccccc2)CC1)c1cccc2ccccc12. The van der Waals surface area contributed by atoms with Crippen LogP contribution in [0.1, 0.15) is 18.4 Å². The van der Waals surface area contributed by atoms with Crippen LogP contribution in [0.5, 0.6) is 0 Å². The van der Waals surface area contributed by atoms with Crippen molar-refractivity contribution >= 4 is 20.8 Å². The van der Waals surface area contributed by atoms with E-state index in [1.807, 2.05) is 36.4 Å². The minimum absolute atomic E-state index is 0.368. The van der Waals surface area contributed by atoms with Crippen molar-refractivity contribution in [3.63, 3.8) is 0 Å². The van der Waals surface area contributed by atoms with E-state index < -0.39 is 10.0 Å². The van der Waals surface area contributed by atoms with Gasteiger partial charge in [-0.1, -0.05) is 66.7 Å². The molecule has 0 unspecified atom stereocenters. The highest BCUT2D eigenvalue weighted by Gasteiger charge is 2.23. The first-order chi connectivity index (χ1) is 13.6. The molecule has 1 N–H and O–H groups in total. The van der Waals surface area contributed by atoms with E-state index in [1.165, 1.54) is 5.56 Å². The number of fused-ring (bicyclic) bond motifs is 1. The van der Waals surface area contributed by atoms with Crippen LogP contribution in [-0.4, -0.2) is 33.0 Å². The number of benzene rings is 3. The van der Waals surface area contributed by atoms with E-state index in [0.717, 1.165) is 43.2 Å². The number of piperidine rings is 1. The Morgan fingerprint density at radius 2 is 1.54 bits per heavy atom. The molecule has 1 fully saturated rings. The van der Waals surface area contributed by atoms with E-state index in [-0.39, 0.29) is 0 Å². The Kier molecular flexibility index (Phi) is 5.76. The first kappa shape index (κ1) is 19.1. The number of hydrogen-bond acceptors (Lipinski definition) is 3. The van der Waals surface area contributed by atoms with Crippen molar-refractivity contribution < 1.29 is 8.42 Å². The molecule has 0 aromatic heterocycles. The second kappa shape index (κ2) is 8.43. The molecule has 4 nitrogen and oxygen atoms in total. The predicted molar refractivity (Wildman–Crippen MR) is 114 cm³/mol. The van der Waals surface area contributed by atoms with Gasteiger partial charge in [0.2, 0.25) is 10.0 Å². The average molecular weight is 395 g/mol. The molecule has 0 saturated carbocycles. The lowest BCUT2D eigenvalue weighted by Crippen LogP contribution is -2.38. The van der Waals surface area contributed by atoms with Gasteiger partial charge in [0.15, 0.2) is 0 Å². The van der Waals surface area contributed by atoms with Crippen LogP contribution in [0.3, 0.4) is 0 Å². The normalized spacial score (nSPS) is 16.4. The fourth-order valence-electron chi connectivity index (χ4n) is 3.93. The molecular formula is C23H26N2O2S. The number of rotatable bonds is 6. The summed E-state index contributed by atoms with van der Waals surface area (Å²) >= 11 is 0. The number of nitrogens with zero attached hydrogens (tertiary/aromatic N) is 1. The van der Waals surface area contributed by atoms with Crippen LogP contribution in [0, 0.1) is 5.92 Å². The molecule has 1 aliphatic heterocycles. The van der Waals surface area contributed by atoms with Gasteiger partial charge in [-0.2, -0.15) is 0 Å². The predicted octanol–water partition coefficient (Wildman–Crippen LogP) is 4.03. The van der Waals surface area contributed by atoms with Crippen LogP contribution < -0.4 is 4.72 Å². The molecule has 5 heteroatoms. The maximum absolute atomic E-state index is 12.9. The molecule has 0 aliphatic carbocycles. The third-order valence-electron chi connectivity index (χ3n) is 5.56. The van der Waals surface area contributed by atoms with Gasteiger partial charge in [-0.25, -0.2) is 13.1 Å². The number of hydrogen-bond donors (Lipinski definition) is 1. The first-order valence-electron chi connectivity index (χ1n) is 9.85. The van der Waals surface area contributed by atoms with Crippen LogP contribution in [-0.2, 0) is 16.6 Å². The smallest absolute Gasteiger partial charge is 0.241 e. The summed E-state index contributed by atoms with van der Waals surface area (Å²) in [4.78, 5) is 2.82. The fourth-order valence-corrected chi connectivity index (χ4v) is 5.27. The highest BCUT2D eigenvalue weighted by Crippen LogP contribution is 2.24. The molecule has 28 heavy (non-hydrogen) atoms. The Bertz CT molecular complexity index is 1020. The van der Waals surface area contributed by atoms with Crippen LogP contribution in [0.15, 0.2) is 77.7 Å². The van der Waals surface area contributed by atoms with Crippen molar-refractivity contribution in [2.45, 2.75) is 24.3 Å². The maximum Gasteiger partial charge on any atom is 0.241 e. The van der Waals surface area contributed by atoms with Crippen LogP contribution in [0.25, 0.3) is 10.8 Å². The van der Waals surface area contributed by atoms with Crippen LogP contribution in [0.4, 0.5) is 0 Å². The third-order valence-corrected chi connectivity index (χ3v) is 7.04. The van der Waals surface area contributed by atoms with Gasteiger partial charge in [0.05, 0.1) is 4.90 Å². The van der Waals surface area contributed by atoms with Gasteiger partial charge < -0.3 is 0 Å². The lowest BCUT2D eigenvalue weighted by atomic mass is 9.97. The molecule has 0 bridgehead atoms. The molecule has 0 atom stereocenters. The lowest BCUT2D eigenvalue weighted by Gasteiger charge is -2.32. The summed E-state index contributed by atoms with van der Waals surface area (Å²) in [6, 6.07) is 23.5. The van der Waals surface area contributed by atoms with Crippen LogP contribution in [0.2, 0.25) is 0 Å². The maximum atomic E-state index is 12.9. The number of nitrogens with one attached hydrogen (secondary N) is 1. The van der Waals surface area contributed by atoms with E-state index in [0.29, 0.717) is 17.4 Å². The quantitative estimate of drug-likeness (QED) is 0.687.